The monoisotopic (exact) mass is 1620 g/mol. The molecule has 0 bridgehead atoms. The zero-order chi connectivity index (χ0) is 81.8. The van der Waals surface area contributed by atoms with Gasteiger partial charge in [0.2, 0.25) is 23.6 Å². The van der Waals surface area contributed by atoms with Crippen molar-refractivity contribution in [3.63, 3.8) is 0 Å². The minimum absolute atomic E-state index is 0.804. The molecule has 49 nitrogen and oxygen atoms in total. The van der Waals surface area contributed by atoms with E-state index in [9.17, 15) is 142 Å². The zero-order valence-corrected chi connectivity index (χ0v) is 59.9. The predicted octanol–water partition coefficient (Wildman–Crippen LogP) is -19.0. The van der Waals surface area contributed by atoms with Gasteiger partial charge in [-0.3, -0.25) is 19.2 Å². The smallest absolute Gasteiger partial charge is 0.217 e. The molecule has 9 saturated heterocycles. The van der Waals surface area contributed by atoms with E-state index in [4.69, 9.17) is 80.5 Å². The van der Waals surface area contributed by atoms with Crippen molar-refractivity contribution in [1.82, 2.24) is 21.3 Å². The molecule has 28 N–H and O–H groups in total. The van der Waals surface area contributed by atoms with Crippen molar-refractivity contribution in [3.8, 4) is 0 Å². The van der Waals surface area contributed by atoms with E-state index in [1.807, 2.05) is 0 Å². The second-order valence-electron chi connectivity index (χ2n) is 28.2. The van der Waals surface area contributed by atoms with Crippen molar-refractivity contribution in [3.05, 3.63) is 0 Å². The fraction of sp³-hybridized carbons (Fsp3) is 0.935. The number of carbonyl (C=O) groups excluding carboxylic acids is 4. The average Bonchev–Trinajstić information content (AvgIpc) is 0.769. The summed E-state index contributed by atoms with van der Waals surface area (Å²) in [6.07, 6.45) is -83.4. The Kier molecular flexibility index (Phi) is 32.6. The van der Waals surface area contributed by atoms with Gasteiger partial charge in [-0.05, 0) is 6.92 Å². The minimum Gasteiger partial charge on any atom is -0.394 e. The highest BCUT2D eigenvalue weighted by atomic mass is 16.8. The van der Waals surface area contributed by atoms with E-state index in [0.717, 1.165) is 27.7 Å². The summed E-state index contributed by atoms with van der Waals surface area (Å²) in [6.45, 7) is -3.35. The van der Waals surface area contributed by atoms with Gasteiger partial charge in [0.15, 0.2) is 56.6 Å². The average molecular weight is 1630 g/mol. The van der Waals surface area contributed by atoms with Crippen molar-refractivity contribution in [2.24, 2.45) is 0 Å². The summed E-state index contributed by atoms with van der Waals surface area (Å²) >= 11 is 0. The van der Waals surface area contributed by atoms with Gasteiger partial charge in [0.25, 0.3) is 0 Å². The predicted molar refractivity (Wildman–Crippen MR) is 342 cm³/mol. The van der Waals surface area contributed by atoms with E-state index >= 15 is 0 Å². The van der Waals surface area contributed by atoms with Gasteiger partial charge >= 0.3 is 0 Å². The number of aliphatic hydroxyl groups excluding tert-OH is 24. The summed E-state index contributed by atoms with van der Waals surface area (Å²) in [5, 5.41) is 276. The number of ether oxygens (including phenoxy) is 17. The standard InChI is InChI=1S/C62H104N4O45/c1-14-31(77)41(87)46(92)59(97-14)95-13-26-50(44(90)45(91)54(94)98-26)107-57-29(65-17(4)75)40(86)49(24(11-72)103-57)108-60-47(93)51(36(82)25(105-60)12-96-61-52(42(88)34(80)21(8-69)101-61)110-56-28(64-16(3)74)38(84)33(79)20(7-68)100-56)109-62-53(43(89)35(81)22(9-70)102-62)111-58-30(66-18(5)76)39(85)48(23(10-71)104-58)106-55-27(63-15(2)73)37(83)32(78)19(6-67)99-55/h14,19-62,67-72,77-94H,6-13H2,1-5H3,(H,63,73)(H,64,74)(H,65,75)(H,66,76)/t14-,19+,20+,21+,22+,23+,24+,25+,26+,27+,28+,29+,30-,31+,32-,33+,34+,35+,36+,37+,38+,39+,40+,41+,42-,43-,44+,45-,46-,47-,48+,49+,50+,51-,52-,53-,54?,55-,56-,57-,58-,59+,60-,61-,62+/m0/s1. The number of hydrogen-bond acceptors (Lipinski definition) is 45. The molecule has 9 aliphatic heterocycles. The molecular formula is C62H104N4O45. The molecule has 0 aromatic rings. The lowest BCUT2D eigenvalue weighted by atomic mass is 9.94. The van der Waals surface area contributed by atoms with Crippen molar-refractivity contribution >= 4 is 23.6 Å². The zero-order valence-electron chi connectivity index (χ0n) is 59.9. The summed E-state index contributed by atoms with van der Waals surface area (Å²) in [6, 6.07) is -7.32. The van der Waals surface area contributed by atoms with Crippen molar-refractivity contribution in [2.45, 2.75) is 311 Å². The topological polar surface area (TPSA) is 759 Å². The third-order valence-electron chi connectivity index (χ3n) is 20.3. The largest absolute Gasteiger partial charge is 0.394 e. The lowest BCUT2D eigenvalue weighted by Crippen LogP contribution is -2.71. The maximum absolute atomic E-state index is 13.1. The van der Waals surface area contributed by atoms with Gasteiger partial charge < -0.3 is 224 Å². The van der Waals surface area contributed by atoms with Gasteiger partial charge in [-0.2, -0.15) is 0 Å². The third-order valence-corrected chi connectivity index (χ3v) is 20.3. The van der Waals surface area contributed by atoms with Crippen molar-refractivity contribution in [1.29, 1.82) is 0 Å². The lowest BCUT2D eigenvalue weighted by Gasteiger charge is -2.51. The quantitative estimate of drug-likeness (QED) is 0.0346. The Morgan fingerprint density at radius 1 is 0.252 bits per heavy atom. The summed E-state index contributed by atoms with van der Waals surface area (Å²) in [4.78, 5) is 50.9. The highest BCUT2D eigenvalue weighted by molar-refractivity contribution is 5.74. The molecule has 4 amide bonds. The first kappa shape index (κ1) is 91.1. The number of nitrogens with one attached hydrogen (secondary N) is 4. The molecule has 9 fully saturated rings. The van der Waals surface area contributed by atoms with Crippen LogP contribution in [0.25, 0.3) is 0 Å². The summed E-state index contributed by atoms with van der Waals surface area (Å²) < 4.78 is 101. The molecule has 0 aromatic heterocycles. The number of rotatable bonds is 28. The van der Waals surface area contributed by atoms with E-state index in [0.29, 0.717) is 0 Å². The molecule has 0 saturated carbocycles. The van der Waals surface area contributed by atoms with Crippen LogP contribution in [0.3, 0.4) is 0 Å². The van der Waals surface area contributed by atoms with Crippen LogP contribution in [-0.2, 0) is 99.7 Å². The first-order valence-electron chi connectivity index (χ1n) is 35.5. The van der Waals surface area contributed by atoms with Crippen LogP contribution in [0.5, 0.6) is 0 Å². The molecule has 1 unspecified atom stereocenters. The minimum atomic E-state index is -2.57. The summed E-state index contributed by atoms with van der Waals surface area (Å²) in [7, 11) is 0. The third kappa shape index (κ3) is 20.3. The second kappa shape index (κ2) is 39.7. The Hall–Kier alpha value is -3.76. The molecular weight excluding hydrogens is 1520 g/mol. The molecule has 642 valence electrons. The first-order chi connectivity index (χ1) is 52.4. The van der Waals surface area contributed by atoms with Crippen LogP contribution >= 0.6 is 0 Å². The van der Waals surface area contributed by atoms with Crippen LogP contribution in [0.1, 0.15) is 34.6 Å². The van der Waals surface area contributed by atoms with Gasteiger partial charge in [-0.15, -0.1) is 0 Å². The molecule has 49 heteroatoms. The van der Waals surface area contributed by atoms with E-state index in [1.165, 1.54) is 6.92 Å². The number of hydrogen-bond donors (Lipinski definition) is 28. The van der Waals surface area contributed by atoms with Crippen LogP contribution in [0.15, 0.2) is 0 Å². The Morgan fingerprint density at radius 3 is 0.973 bits per heavy atom. The molecule has 45 atom stereocenters. The van der Waals surface area contributed by atoms with Crippen LogP contribution in [0, 0.1) is 0 Å². The van der Waals surface area contributed by atoms with Crippen LogP contribution in [0.2, 0.25) is 0 Å². The Balaban J connectivity index is 1.05. The lowest BCUT2D eigenvalue weighted by molar-refractivity contribution is -0.398. The van der Waals surface area contributed by atoms with Crippen molar-refractivity contribution in [2.75, 3.05) is 52.9 Å². The highest BCUT2D eigenvalue weighted by Gasteiger charge is 2.61. The number of aliphatic hydroxyl groups is 24. The molecule has 9 rings (SSSR count). The van der Waals surface area contributed by atoms with Crippen LogP contribution in [-0.4, -0.2) is 475 Å². The van der Waals surface area contributed by atoms with Gasteiger partial charge in [0.1, 0.15) is 213 Å². The van der Waals surface area contributed by atoms with E-state index in [1.54, 1.807) is 0 Å². The molecule has 9 heterocycles. The molecule has 0 spiro atoms. The van der Waals surface area contributed by atoms with E-state index in [2.05, 4.69) is 21.3 Å². The fourth-order valence-corrected chi connectivity index (χ4v) is 14.3. The Bertz CT molecular complexity index is 2950. The van der Waals surface area contributed by atoms with Crippen LogP contribution < -0.4 is 21.3 Å². The van der Waals surface area contributed by atoms with Crippen LogP contribution in [0.4, 0.5) is 0 Å². The molecule has 0 aliphatic carbocycles. The van der Waals surface area contributed by atoms with E-state index in [-0.39, 0.29) is 0 Å². The Labute approximate surface area is 629 Å². The molecule has 0 radical (unpaired) electrons. The molecule has 111 heavy (non-hydrogen) atoms. The Morgan fingerprint density at radius 2 is 0.559 bits per heavy atom. The molecule has 9 aliphatic rings. The highest BCUT2D eigenvalue weighted by Crippen LogP contribution is 2.40. The van der Waals surface area contributed by atoms with Gasteiger partial charge in [0, 0.05) is 27.7 Å². The number of amides is 4. The SMILES string of the molecule is CC(=O)N[C@@H]1[C@H](O[C@@H]2[C@@H](O[C@@H]3[C@H](O)[C@H](O[C@H]4[C@H](O)[C@@H](NC(C)=O)[C@H](O[C@H]5[C@H](O)[C@H](O)C(O)O[C@@H]5CO[C@@H]5O[C@@H](C)[C@@H](O)[C@@H](O)[C@@H]5O)O[C@@H]4CO)O[C@H](CO[C@H]4O[C@H](CO)[C@@H](O)[C@H](O)[C@@H]4O[C@@H]4O[C@H](CO)[C@@H](O)[C@H](O)[C@H]4NC(C)=O)[C@H]3O)O[C@H](CO)[C@@H](O)[C@@H]2O)O[C@H](CO)[C@@H](O[C@@H]2O[C@H](CO)[C@H](O)[C@H](O)[C@H]2NC(C)=O)[C@@H]1O. The van der Waals surface area contributed by atoms with Gasteiger partial charge in [-0.1, -0.05) is 0 Å². The van der Waals surface area contributed by atoms with Gasteiger partial charge in [0.05, 0.1) is 59.0 Å². The summed E-state index contributed by atoms with van der Waals surface area (Å²) in [5.41, 5.74) is 0. The van der Waals surface area contributed by atoms with Gasteiger partial charge in [-0.25, -0.2) is 0 Å². The first-order valence-corrected chi connectivity index (χ1v) is 35.5. The number of carbonyl (C=O) groups is 4. The molecule has 0 aromatic carbocycles. The second-order valence-corrected chi connectivity index (χ2v) is 28.2. The maximum Gasteiger partial charge on any atom is 0.217 e. The summed E-state index contributed by atoms with van der Waals surface area (Å²) in [5.74, 6) is -3.57. The normalized spacial score (nSPS) is 49.3. The van der Waals surface area contributed by atoms with Crippen molar-refractivity contribution < 1.29 is 222 Å². The van der Waals surface area contributed by atoms with E-state index < -0.39 is 353 Å². The maximum atomic E-state index is 13.1. The fourth-order valence-electron chi connectivity index (χ4n) is 14.3.